The fourth-order valence-electron chi connectivity index (χ4n) is 2.69. The van der Waals surface area contributed by atoms with Crippen molar-refractivity contribution < 1.29 is 33.1 Å². The second-order valence-corrected chi connectivity index (χ2v) is 7.25. The molecular formula is C19H22FN2O5S+. The van der Waals surface area contributed by atoms with Gasteiger partial charge >= 0.3 is 11.9 Å². The van der Waals surface area contributed by atoms with Gasteiger partial charge in [0.2, 0.25) is 0 Å². The average Bonchev–Trinajstić information content (AvgIpc) is 2.98. The van der Waals surface area contributed by atoms with Gasteiger partial charge in [0.05, 0.1) is 26.8 Å². The van der Waals surface area contributed by atoms with E-state index < -0.39 is 11.9 Å². The molecule has 0 aliphatic carbocycles. The van der Waals surface area contributed by atoms with E-state index in [1.54, 1.807) is 19.1 Å². The number of hydrogen-bond donors (Lipinski definition) is 2. The van der Waals surface area contributed by atoms with Crippen LogP contribution in [0.5, 0.6) is 0 Å². The van der Waals surface area contributed by atoms with Crippen molar-refractivity contribution in [3.63, 3.8) is 0 Å². The zero-order valence-electron chi connectivity index (χ0n) is 16.1. The van der Waals surface area contributed by atoms with Gasteiger partial charge in [-0.3, -0.25) is 4.79 Å². The van der Waals surface area contributed by atoms with Crippen molar-refractivity contribution in [2.45, 2.75) is 13.5 Å². The fourth-order valence-corrected chi connectivity index (χ4v) is 3.82. The summed E-state index contributed by atoms with van der Waals surface area (Å²) >= 11 is 0.965. The maximum Gasteiger partial charge on any atom is 0.348 e. The number of methoxy groups -OCH3 is 2. The molecular weight excluding hydrogens is 387 g/mol. The van der Waals surface area contributed by atoms with E-state index in [2.05, 4.69) is 5.32 Å². The van der Waals surface area contributed by atoms with E-state index in [9.17, 15) is 18.8 Å². The van der Waals surface area contributed by atoms with Gasteiger partial charge in [-0.2, -0.15) is 0 Å². The van der Waals surface area contributed by atoms with Gasteiger partial charge in [0, 0.05) is 5.56 Å². The van der Waals surface area contributed by atoms with Crippen LogP contribution in [0.3, 0.4) is 0 Å². The molecule has 0 saturated carbocycles. The SMILES string of the molecule is COC(=O)c1sc(NC(=O)C[NH+](C)Cc2ccc(F)cc2)c(C(=O)OC)c1C. The maximum absolute atomic E-state index is 13.0. The molecule has 0 bridgehead atoms. The molecule has 1 atom stereocenters. The van der Waals surface area contributed by atoms with Crippen LogP contribution in [0.4, 0.5) is 9.39 Å². The van der Waals surface area contributed by atoms with E-state index in [4.69, 9.17) is 9.47 Å². The lowest BCUT2D eigenvalue weighted by Crippen LogP contribution is -3.08. The number of halogens is 1. The van der Waals surface area contributed by atoms with Gasteiger partial charge in [-0.05, 0) is 24.6 Å². The Labute approximate surface area is 166 Å². The highest BCUT2D eigenvalue weighted by molar-refractivity contribution is 7.18. The van der Waals surface area contributed by atoms with E-state index in [0.29, 0.717) is 12.1 Å². The number of benzene rings is 1. The third-order valence-corrected chi connectivity index (χ3v) is 5.23. The third kappa shape index (κ3) is 5.14. The molecule has 1 unspecified atom stereocenters. The van der Waals surface area contributed by atoms with Crippen molar-refractivity contribution in [1.29, 1.82) is 0 Å². The van der Waals surface area contributed by atoms with Crippen LogP contribution in [-0.2, 0) is 20.8 Å². The quantitative estimate of drug-likeness (QED) is 0.676. The summed E-state index contributed by atoms with van der Waals surface area (Å²) < 4.78 is 22.5. The Kier molecular flexibility index (Phi) is 7.24. The van der Waals surface area contributed by atoms with Crippen molar-refractivity contribution in [2.75, 3.05) is 33.1 Å². The largest absolute Gasteiger partial charge is 0.465 e. The van der Waals surface area contributed by atoms with Crippen molar-refractivity contribution in [1.82, 2.24) is 0 Å². The Morgan fingerprint density at radius 1 is 1.11 bits per heavy atom. The summed E-state index contributed by atoms with van der Waals surface area (Å²) in [5, 5.41) is 2.92. The molecule has 9 heteroatoms. The smallest absolute Gasteiger partial charge is 0.348 e. The van der Waals surface area contributed by atoms with Crippen molar-refractivity contribution in [3.8, 4) is 0 Å². The minimum absolute atomic E-state index is 0.114. The van der Waals surface area contributed by atoms with E-state index in [-0.39, 0.29) is 33.7 Å². The Bertz CT molecular complexity index is 879. The Hall–Kier alpha value is -2.78. The highest BCUT2D eigenvalue weighted by Gasteiger charge is 2.27. The number of esters is 2. The van der Waals surface area contributed by atoms with Gasteiger partial charge in [0.1, 0.15) is 22.2 Å². The minimum Gasteiger partial charge on any atom is -0.465 e. The minimum atomic E-state index is -0.647. The van der Waals surface area contributed by atoms with Crippen LogP contribution in [0, 0.1) is 12.7 Å². The molecule has 7 nitrogen and oxygen atoms in total. The highest BCUT2D eigenvalue weighted by atomic mass is 32.1. The number of quaternary nitrogens is 1. The van der Waals surface area contributed by atoms with Crippen LogP contribution in [0.15, 0.2) is 24.3 Å². The zero-order valence-corrected chi connectivity index (χ0v) is 16.9. The predicted molar refractivity (Wildman–Crippen MR) is 102 cm³/mol. The molecule has 150 valence electrons. The van der Waals surface area contributed by atoms with Gasteiger partial charge in [0.15, 0.2) is 6.54 Å². The number of nitrogens with one attached hydrogen (secondary N) is 2. The molecule has 2 aromatic rings. The first kappa shape index (κ1) is 21.5. The number of amides is 1. The van der Waals surface area contributed by atoms with E-state index in [0.717, 1.165) is 21.8 Å². The Morgan fingerprint density at radius 2 is 1.71 bits per heavy atom. The fraction of sp³-hybridized carbons (Fsp3) is 0.316. The monoisotopic (exact) mass is 409 g/mol. The molecule has 0 aliphatic heterocycles. The second-order valence-electron chi connectivity index (χ2n) is 6.23. The predicted octanol–water partition coefficient (Wildman–Crippen LogP) is 1.42. The number of anilines is 1. The molecule has 28 heavy (non-hydrogen) atoms. The lowest BCUT2D eigenvalue weighted by Gasteiger charge is -2.14. The standard InChI is InChI=1S/C19H21FN2O5S/c1-11-15(18(24)26-3)17(28-16(11)19(25)27-4)21-14(23)10-22(2)9-12-5-7-13(20)8-6-12/h5-8H,9-10H2,1-4H3,(H,21,23)/p+1. The molecule has 1 heterocycles. The van der Waals surface area contributed by atoms with Crippen molar-refractivity contribution in [2.24, 2.45) is 0 Å². The molecule has 2 N–H and O–H groups in total. The van der Waals surface area contributed by atoms with E-state index >= 15 is 0 Å². The van der Waals surface area contributed by atoms with Gasteiger partial charge in [-0.15, -0.1) is 11.3 Å². The number of ether oxygens (including phenoxy) is 2. The van der Waals surface area contributed by atoms with Crippen LogP contribution in [-0.4, -0.2) is 45.7 Å². The lowest BCUT2D eigenvalue weighted by atomic mass is 10.1. The highest BCUT2D eigenvalue weighted by Crippen LogP contribution is 2.34. The van der Waals surface area contributed by atoms with Gasteiger partial charge < -0.3 is 19.7 Å². The Morgan fingerprint density at radius 3 is 2.29 bits per heavy atom. The summed E-state index contributed by atoms with van der Waals surface area (Å²) in [6, 6.07) is 6.07. The number of thiophene rings is 1. The molecule has 0 aliphatic rings. The van der Waals surface area contributed by atoms with Gasteiger partial charge in [0.25, 0.3) is 5.91 Å². The van der Waals surface area contributed by atoms with Crippen LogP contribution in [0.2, 0.25) is 0 Å². The van der Waals surface area contributed by atoms with Gasteiger partial charge in [-0.25, -0.2) is 14.0 Å². The van der Waals surface area contributed by atoms with Crippen LogP contribution >= 0.6 is 11.3 Å². The third-order valence-electron chi connectivity index (χ3n) is 4.04. The summed E-state index contributed by atoms with van der Waals surface area (Å²) in [6.07, 6.45) is 0. The molecule has 0 spiro atoms. The number of rotatable bonds is 7. The average molecular weight is 409 g/mol. The first-order chi connectivity index (χ1) is 13.3. The Balaban J connectivity index is 2.12. The molecule has 1 aromatic carbocycles. The molecule has 1 aromatic heterocycles. The van der Waals surface area contributed by atoms with Crippen LogP contribution < -0.4 is 10.2 Å². The normalized spacial score (nSPS) is 11.6. The van der Waals surface area contributed by atoms with Crippen molar-refractivity contribution in [3.05, 3.63) is 51.7 Å². The number of likely N-dealkylation sites (N-methyl/N-ethyl adjacent to an activating group) is 1. The summed E-state index contributed by atoms with van der Waals surface area (Å²) in [7, 11) is 4.29. The van der Waals surface area contributed by atoms with Crippen LogP contribution in [0.1, 0.15) is 31.2 Å². The number of carbonyl (C=O) groups excluding carboxylic acids is 3. The van der Waals surface area contributed by atoms with Gasteiger partial charge in [-0.1, -0.05) is 12.1 Å². The topological polar surface area (TPSA) is 86.1 Å². The zero-order chi connectivity index (χ0) is 20.8. The van der Waals surface area contributed by atoms with Crippen molar-refractivity contribution >= 4 is 34.2 Å². The lowest BCUT2D eigenvalue weighted by molar-refractivity contribution is -0.885. The van der Waals surface area contributed by atoms with E-state index in [1.807, 2.05) is 7.05 Å². The molecule has 0 saturated heterocycles. The summed E-state index contributed by atoms with van der Waals surface area (Å²) in [5.41, 5.74) is 1.42. The molecule has 0 radical (unpaired) electrons. The maximum atomic E-state index is 13.0. The number of carbonyl (C=O) groups is 3. The molecule has 2 rings (SSSR count). The number of hydrogen-bond acceptors (Lipinski definition) is 6. The summed E-state index contributed by atoms with van der Waals surface area (Å²) in [5.74, 6) is -1.88. The second kappa shape index (κ2) is 9.43. The first-order valence-electron chi connectivity index (χ1n) is 8.42. The molecule has 1 amide bonds. The first-order valence-corrected chi connectivity index (χ1v) is 9.24. The van der Waals surface area contributed by atoms with Crippen LogP contribution in [0.25, 0.3) is 0 Å². The summed E-state index contributed by atoms with van der Waals surface area (Å²) in [4.78, 5) is 37.5. The van der Waals surface area contributed by atoms with E-state index in [1.165, 1.54) is 26.4 Å². The summed E-state index contributed by atoms with van der Waals surface area (Å²) in [6.45, 7) is 2.23. The molecule has 0 fully saturated rings.